The summed E-state index contributed by atoms with van der Waals surface area (Å²) in [6, 6.07) is 7.65. The molecule has 1 heterocycles. The lowest BCUT2D eigenvalue weighted by Gasteiger charge is -2.05. The molecule has 0 bridgehead atoms. The van der Waals surface area contributed by atoms with E-state index in [9.17, 15) is 9.18 Å². The first kappa shape index (κ1) is 12.9. The average Bonchev–Trinajstić information content (AvgIpc) is 2.39. The molecule has 0 aliphatic heterocycles. The number of anilines is 1. The molecule has 0 unspecified atom stereocenters. The molecule has 5 nitrogen and oxygen atoms in total. The molecule has 98 valence electrons. The molecule has 6 heteroatoms. The molecule has 0 atom stereocenters. The van der Waals surface area contributed by atoms with Crippen LogP contribution < -0.4 is 5.32 Å². The zero-order valence-electron chi connectivity index (χ0n) is 10.0. The van der Waals surface area contributed by atoms with Crippen molar-refractivity contribution >= 4 is 11.8 Å². The minimum atomic E-state index is -0.875. The van der Waals surface area contributed by atoms with E-state index in [-0.39, 0.29) is 18.8 Å². The Labute approximate surface area is 109 Å². The number of halogens is 1. The molecule has 0 saturated carbocycles. The first-order valence-corrected chi connectivity index (χ1v) is 5.69. The minimum absolute atomic E-state index is 0.00981. The van der Waals surface area contributed by atoms with Gasteiger partial charge in [-0.3, -0.25) is 4.79 Å². The summed E-state index contributed by atoms with van der Waals surface area (Å²) in [6.45, 7) is 0.287. The average molecular weight is 261 g/mol. The highest BCUT2D eigenvalue weighted by Crippen LogP contribution is 2.18. The highest BCUT2D eigenvalue weighted by Gasteiger charge is 2.03. The summed E-state index contributed by atoms with van der Waals surface area (Å²) in [5, 5.41) is 11.4. The number of nitrogens with one attached hydrogen (secondary N) is 1. The molecule has 0 aliphatic rings. The maximum atomic E-state index is 12.8. The van der Waals surface area contributed by atoms with Crippen molar-refractivity contribution in [3.63, 3.8) is 0 Å². The molecule has 2 N–H and O–H groups in total. The second-order valence-electron chi connectivity index (χ2n) is 3.87. The van der Waals surface area contributed by atoms with Gasteiger partial charge in [-0.25, -0.2) is 14.4 Å². The predicted molar refractivity (Wildman–Crippen MR) is 68.2 cm³/mol. The lowest BCUT2D eigenvalue weighted by Crippen LogP contribution is -2.08. The summed E-state index contributed by atoms with van der Waals surface area (Å²) >= 11 is 0. The van der Waals surface area contributed by atoms with Crippen LogP contribution in [-0.4, -0.2) is 27.6 Å². The van der Waals surface area contributed by atoms with Gasteiger partial charge in [-0.05, 0) is 24.3 Å². The van der Waals surface area contributed by atoms with Crippen LogP contribution in [0.2, 0.25) is 0 Å². The Balaban J connectivity index is 2.10. The first-order chi connectivity index (χ1) is 9.15. The number of carboxylic acid groups (broad SMARTS) is 1. The summed E-state index contributed by atoms with van der Waals surface area (Å²) < 4.78 is 12.8. The SMILES string of the molecule is O=C(O)CCNc1cc(-c2ccc(F)cc2)ncn1. The number of carboxylic acids is 1. The molecule has 0 aliphatic carbocycles. The zero-order chi connectivity index (χ0) is 13.7. The number of aliphatic carboxylic acids is 1. The molecule has 19 heavy (non-hydrogen) atoms. The van der Waals surface area contributed by atoms with E-state index in [0.29, 0.717) is 11.5 Å². The van der Waals surface area contributed by atoms with Crippen LogP contribution in [0.15, 0.2) is 36.7 Å². The largest absolute Gasteiger partial charge is 0.481 e. The monoisotopic (exact) mass is 261 g/mol. The fourth-order valence-electron chi connectivity index (χ4n) is 1.53. The Kier molecular flexibility index (Phi) is 4.02. The van der Waals surface area contributed by atoms with Gasteiger partial charge in [0.25, 0.3) is 0 Å². The first-order valence-electron chi connectivity index (χ1n) is 5.69. The van der Waals surface area contributed by atoms with Crippen molar-refractivity contribution in [3.8, 4) is 11.3 Å². The Morgan fingerprint density at radius 3 is 2.68 bits per heavy atom. The van der Waals surface area contributed by atoms with Crippen LogP contribution in [0.1, 0.15) is 6.42 Å². The fraction of sp³-hybridized carbons (Fsp3) is 0.154. The number of hydrogen-bond acceptors (Lipinski definition) is 4. The van der Waals surface area contributed by atoms with Crippen molar-refractivity contribution in [3.05, 3.63) is 42.5 Å². The molecule has 0 spiro atoms. The topological polar surface area (TPSA) is 75.1 Å². The van der Waals surface area contributed by atoms with Gasteiger partial charge < -0.3 is 10.4 Å². The zero-order valence-corrected chi connectivity index (χ0v) is 10.0. The third kappa shape index (κ3) is 3.74. The van der Waals surface area contributed by atoms with Gasteiger partial charge in [0.15, 0.2) is 0 Å². The normalized spacial score (nSPS) is 10.2. The number of rotatable bonds is 5. The van der Waals surface area contributed by atoms with Crippen molar-refractivity contribution in [2.75, 3.05) is 11.9 Å². The Hall–Kier alpha value is -2.50. The van der Waals surface area contributed by atoms with Gasteiger partial charge in [-0.1, -0.05) is 0 Å². The van der Waals surface area contributed by atoms with Crippen LogP contribution in [0.3, 0.4) is 0 Å². The third-order valence-corrected chi connectivity index (χ3v) is 2.45. The van der Waals surface area contributed by atoms with Gasteiger partial charge in [-0.2, -0.15) is 0 Å². The highest BCUT2D eigenvalue weighted by atomic mass is 19.1. The van der Waals surface area contributed by atoms with Crippen LogP contribution in [0, 0.1) is 5.82 Å². The van der Waals surface area contributed by atoms with E-state index in [1.54, 1.807) is 18.2 Å². The third-order valence-electron chi connectivity index (χ3n) is 2.45. The standard InChI is InChI=1S/C13H12FN3O2/c14-10-3-1-9(2-4-10)11-7-12(17-8-16-11)15-6-5-13(18)19/h1-4,7-8H,5-6H2,(H,18,19)(H,15,16,17). The number of carbonyl (C=O) groups is 1. The molecule has 2 aromatic rings. The lowest BCUT2D eigenvalue weighted by molar-refractivity contribution is -0.136. The molecule has 0 amide bonds. The summed E-state index contributed by atoms with van der Waals surface area (Å²) in [5.74, 6) is -0.645. The number of hydrogen-bond donors (Lipinski definition) is 2. The molecular weight excluding hydrogens is 249 g/mol. The quantitative estimate of drug-likeness (QED) is 0.862. The second-order valence-corrected chi connectivity index (χ2v) is 3.87. The van der Waals surface area contributed by atoms with Crippen molar-refractivity contribution < 1.29 is 14.3 Å². The molecule has 0 fully saturated rings. The summed E-state index contributed by atoms with van der Waals surface area (Å²) in [7, 11) is 0. The van der Waals surface area contributed by atoms with Gasteiger partial charge in [0, 0.05) is 18.2 Å². The van der Waals surface area contributed by atoms with Gasteiger partial charge in [-0.15, -0.1) is 0 Å². The van der Waals surface area contributed by atoms with Crippen LogP contribution in [0.4, 0.5) is 10.2 Å². The summed E-state index contributed by atoms with van der Waals surface area (Å²) in [5.41, 5.74) is 1.41. The Morgan fingerprint density at radius 1 is 1.26 bits per heavy atom. The van der Waals surface area contributed by atoms with Crippen LogP contribution in [0.25, 0.3) is 11.3 Å². The number of aromatic nitrogens is 2. The Bertz CT molecular complexity index is 572. The van der Waals surface area contributed by atoms with E-state index < -0.39 is 5.97 Å². The lowest BCUT2D eigenvalue weighted by atomic mass is 10.1. The maximum absolute atomic E-state index is 12.8. The fourth-order valence-corrected chi connectivity index (χ4v) is 1.53. The van der Waals surface area contributed by atoms with Crippen molar-refractivity contribution in [2.45, 2.75) is 6.42 Å². The number of benzene rings is 1. The molecule has 2 rings (SSSR count). The smallest absolute Gasteiger partial charge is 0.305 e. The highest BCUT2D eigenvalue weighted by molar-refractivity contribution is 5.67. The maximum Gasteiger partial charge on any atom is 0.305 e. The van der Waals surface area contributed by atoms with Gasteiger partial charge >= 0.3 is 5.97 Å². The van der Waals surface area contributed by atoms with E-state index in [4.69, 9.17) is 5.11 Å². The molecule has 0 saturated heterocycles. The molecular formula is C13H12FN3O2. The van der Waals surface area contributed by atoms with Crippen molar-refractivity contribution in [2.24, 2.45) is 0 Å². The predicted octanol–water partition coefficient (Wildman–Crippen LogP) is 2.17. The summed E-state index contributed by atoms with van der Waals surface area (Å²) in [4.78, 5) is 18.5. The molecule has 1 aromatic heterocycles. The van der Waals surface area contributed by atoms with Crippen LogP contribution in [-0.2, 0) is 4.79 Å². The van der Waals surface area contributed by atoms with Crippen LogP contribution in [0.5, 0.6) is 0 Å². The van der Waals surface area contributed by atoms with Gasteiger partial charge in [0.2, 0.25) is 0 Å². The van der Waals surface area contributed by atoms with Crippen molar-refractivity contribution in [1.82, 2.24) is 9.97 Å². The van der Waals surface area contributed by atoms with Gasteiger partial charge in [0.1, 0.15) is 18.0 Å². The second kappa shape index (κ2) is 5.90. The van der Waals surface area contributed by atoms with Gasteiger partial charge in [0.05, 0.1) is 12.1 Å². The van der Waals surface area contributed by atoms with E-state index in [1.165, 1.54) is 18.5 Å². The minimum Gasteiger partial charge on any atom is -0.481 e. The Morgan fingerprint density at radius 2 is 2.00 bits per heavy atom. The molecule has 1 aromatic carbocycles. The van der Waals surface area contributed by atoms with Crippen molar-refractivity contribution in [1.29, 1.82) is 0 Å². The summed E-state index contributed by atoms with van der Waals surface area (Å²) in [6.07, 6.45) is 1.39. The van der Waals surface area contributed by atoms with E-state index >= 15 is 0 Å². The van der Waals surface area contributed by atoms with Crippen LogP contribution >= 0.6 is 0 Å². The van der Waals surface area contributed by atoms with E-state index in [2.05, 4.69) is 15.3 Å². The van der Waals surface area contributed by atoms with E-state index in [1.807, 2.05) is 0 Å². The van der Waals surface area contributed by atoms with E-state index in [0.717, 1.165) is 5.56 Å². The molecule has 0 radical (unpaired) electrons. The number of nitrogens with zero attached hydrogens (tertiary/aromatic N) is 2.